The van der Waals surface area contributed by atoms with Crippen LogP contribution in [0.5, 0.6) is 0 Å². The Morgan fingerprint density at radius 2 is 2.33 bits per heavy atom. The highest BCUT2D eigenvalue weighted by atomic mass is 35.5. The quantitative estimate of drug-likeness (QED) is 0.903. The van der Waals surface area contributed by atoms with Crippen LogP contribution in [0.3, 0.4) is 0 Å². The lowest BCUT2D eigenvalue weighted by Crippen LogP contribution is -2.22. The summed E-state index contributed by atoms with van der Waals surface area (Å²) in [4.78, 5) is 5.25. The molecule has 1 heterocycles. The van der Waals surface area contributed by atoms with Crippen LogP contribution < -0.4 is 5.32 Å². The molecule has 0 aliphatic heterocycles. The molecule has 1 aromatic carbocycles. The average molecular weight is 285 g/mol. The molecular weight excluding hydrogens is 271 g/mol. The van der Waals surface area contributed by atoms with Gasteiger partial charge in [0.2, 0.25) is 0 Å². The molecule has 0 bridgehead atoms. The van der Waals surface area contributed by atoms with Gasteiger partial charge in [-0.05, 0) is 30.7 Å². The number of likely N-dealkylation sites (N-methyl/N-ethyl adjacent to an activating group) is 1. The summed E-state index contributed by atoms with van der Waals surface area (Å²) >= 11 is 7.66. The van der Waals surface area contributed by atoms with Crippen molar-refractivity contribution in [3.8, 4) is 0 Å². The van der Waals surface area contributed by atoms with E-state index in [1.165, 1.54) is 12.1 Å². The fraction of sp³-hybridized carbons (Fsp3) is 0.308. The normalized spacial score (nSPS) is 12.6. The molecule has 0 fully saturated rings. The molecule has 0 saturated heterocycles. The van der Waals surface area contributed by atoms with Crippen molar-refractivity contribution in [1.82, 2.24) is 10.3 Å². The van der Waals surface area contributed by atoms with E-state index in [0.29, 0.717) is 5.02 Å². The molecular formula is C13H14ClFN2S. The lowest BCUT2D eigenvalue weighted by Gasteiger charge is -2.16. The van der Waals surface area contributed by atoms with E-state index in [1.54, 1.807) is 17.4 Å². The molecule has 5 heteroatoms. The Morgan fingerprint density at radius 3 is 2.94 bits per heavy atom. The van der Waals surface area contributed by atoms with E-state index >= 15 is 0 Å². The largest absolute Gasteiger partial charge is 0.309 e. The SMILES string of the molecule is CCNC(Cc1ccc(F)cc1Cl)c1cncs1. The summed E-state index contributed by atoms with van der Waals surface area (Å²) in [7, 11) is 0. The summed E-state index contributed by atoms with van der Waals surface area (Å²) in [6, 6.07) is 4.71. The summed E-state index contributed by atoms with van der Waals surface area (Å²) in [5.41, 5.74) is 2.75. The van der Waals surface area contributed by atoms with E-state index in [-0.39, 0.29) is 11.9 Å². The second-order valence-corrected chi connectivity index (χ2v) is 5.28. The maximum absolute atomic E-state index is 13.0. The van der Waals surface area contributed by atoms with Crippen molar-refractivity contribution in [2.45, 2.75) is 19.4 Å². The molecule has 0 amide bonds. The number of hydrogen-bond acceptors (Lipinski definition) is 3. The van der Waals surface area contributed by atoms with Gasteiger partial charge in [0.25, 0.3) is 0 Å². The standard InChI is InChI=1S/C13H14ClFN2S/c1-2-17-12(13-7-16-8-18-13)5-9-3-4-10(15)6-11(9)14/h3-4,6-8,12,17H,2,5H2,1H3. The lowest BCUT2D eigenvalue weighted by molar-refractivity contribution is 0.556. The molecule has 1 atom stereocenters. The van der Waals surface area contributed by atoms with Gasteiger partial charge in [0, 0.05) is 22.1 Å². The fourth-order valence-electron chi connectivity index (χ4n) is 1.82. The van der Waals surface area contributed by atoms with Gasteiger partial charge in [-0.25, -0.2) is 4.39 Å². The molecule has 1 N–H and O–H groups in total. The third-order valence-electron chi connectivity index (χ3n) is 2.68. The number of benzene rings is 1. The van der Waals surface area contributed by atoms with Crippen LogP contribution in [0.15, 0.2) is 29.9 Å². The first-order valence-corrected chi connectivity index (χ1v) is 7.02. The van der Waals surface area contributed by atoms with Crippen LogP contribution in [0.25, 0.3) is 0 Å². The maximum atomic E-state index is 13.0. The second-order valence-electron chi connectivity index (χ2n) is 3.95. The van der Waals surface area contributed by atoms with Crippen LogP contribution in [0, 0.1) is 5.82 Å². The monoisotopic (exact) mass is 284 g/mol. The molecule has 1 unspecified atom stereocenters. The number of hydrogen-bond donors (Lipinski definition) is 1. The number of halogens is 2. The number of thiazole rings is 1. The van der Waals surface area contributed by atoms with E-state index in [9.17, 15) is 4.39 Å². The Bertz CT molecular complexity index is 502. The van der Waals surface area contributed by atoms with Crippen molar-refractivity contribution in [1.29, 1.82) is 0 Å². The Kier molecular flexibility index (Phi) is 4.69. The molecule has 0 aliphatic carbocycles. The zero-order chi connectivity index (χ0) is 13.0. The highest BCUT2D eigenvalue weighted by Gasteiger charge is 2.14. The highest BCUT2D eigenvalue weighted by molar-refractivity contribution is 7.09. The zero-order valence-corrected chi connectivity index (χ0v) is 11.6. The van der Waals surface area contributed by atoms with E-state index < -0.39 is 0 Å². The number of rotatable bonds is 5. The molecule has 0 spiro atoms. The smallest absolute Gasteiger partial charge is 0.124 e. The first kappa shape index (κ1) is 13.5. The van der Waals surface area contributed by atoms with Gasteiger partial charge in [-0.15, -0.1) is 11.3 Å². The number of nitrogens with zero attached hydrogens (tertiary/aromatic N) is 1. The van der Waals surface area contributed by atoms with E-state index in [1.807, 2.05) is 11.7 Å². The maximum Gasteiger partial charge on any atom is 0.124 e. The van der Waals surface area contributed by atoms with Crippen molar-refractivity contribution in [2.75, 3.05) is 6.54 Å². The van der Waals surface area contributed by atoms with Crippen LogP contribution in [-0.2, 0) is 6.42 Å². The molecule has 2 aromatic rings. The van der Waals surface area contributed by atoms with Gasteiger partial charge in [0.15, 0.2) is 0 Å². The van der Waals surface area contributed by atoms with Gasteiger partial charge in [-0.3, -0.25) is 4.98 Å². The van der Waals surface area contributed by atoms with Gasteiger partial charge in [-0.2, -0.15) is 0 Å². The topological polar surface area (TPSA) is 24.9 Å². The number of aromatic nitrogens is 1. The Morgan fingerprint density at radius 1 is 1.50 bits per heavy atom. The number of nitrogens with one attached hydrogen (secondary N) is 1. The van der Waals surface area contributed by atoms with E-state index in [2.05, 4.69) is 17.2 Å². The van der Waals surface area contributed by atoms with Crippen LogP contribution >= 0.6 is 22.9 Å². The van der Waals surface area contributed by atoms with Crippen molar-refractivity contribution < 1.29 is 4.39 Å². The summed E-state index contributed by atoms with van der Waals surface area (Å²) in [5, 5.41) is 3.87. The first-order valence-electron chi connectivity index (χ1n) is 5.76. The van der Waals surface area contributed by atoms with Gasteiger partial charge in [-0.1, -0.05) is 24.6 Å². The predicted octanol–water partition coefficient (Wildman–Crippen LogP) is 3.83. The summed E-state index contributed by atoms with van der Waals surface area (Å²) in [5.74, 6) is -0.304. The highest BCUT2D eigenvalue weighted by Crippen LogP contribution is 2.26. The molecule has 0 saturated carbocycles. The molecule has 18 heavy (non-hydrogen) atoms. The minimum atomic E-state index is -0.304. The zero-order valence-electron chi connectivity index (χ0n) is 9.99. The molecule has 1 aromatic heterocycles. The minimum absolute atomic E-state index is 0.172. The molecule has 2 rings (SSSR count). The predicted molar refractivity (Wildman–Crippen MR) is 73.6 cm³/mol. The van der Waals surface area contributed by atoms with Gasteiger partial charge >= 0.3 is 0 Å². The van der Waals surface area contributed by atoms with Crippen LogP contribution in [0.2, 0.25) is 5.02 Å². The van der Waals surface area contributed by atoms with Gasteiger partial charge in [0.05, 0.1) is 5.51 Å². The van der Waals surface area contributed by atoms with Crippen molar-refractivity contribution in [2.24, 2.45) is 0 Å². The second kappa shape index (κ2) is 6.27. The van der Waals surface area contributed by atoms with E-state index in [4.69, 9.17) is 11.6 Å². The van der Waals surface area contributed by atoms with Gasteiger partial charge in [0.1, 0.15) is 5.82 Å². The lowest BCUT2D eigenvalue weighted by atomic mass is 10.0. The molecule has 0 aliphatic rings. The Hall–Kier alpha value is -0.970. The summed E-state index contributed by atoms with van der Waals surface area (Å²) in [6.45, 7) is 2.92. The molecule has 96 valence electrons. The first-order chi connectivity index (χ1) is 8.70. The van der Waals surface area contributed by atoms with Crippen LogP contribution in [0.4, 0.5) is 4.39 Å². The third kappa shape index (κ3) is 3.28. The van der Waals surface area contributed by atoms with E-state index in [0.717, 1.165) is 23.4 Å². The van der Waals surface area contributed by atoms with Gasteiger partial charge < -0.3 is 5.32 Å². The van der Waals surface area contributed by atoms with Crippen LogP contribution in [-0.4, -0.2) is 11.5 Å². The molecule has 2 nitrogen and oxygen atoms in total. The van der Waals surface area contributed by atoms with Crippen LogP contribution in [0.1, 0.15) is 23.4 Å². The Labute approximate surface area is 115 Å². The van der Waals surface area contributed by atoms with Crippen molar-refractivity contribution in [3.63, 3.8) is 0 Å². The fourth-order valence-corrected chi connectivity index (χ4v) is 2.77. The molecule has 0 radical (unpaired) electrons. The minimum Gasteiger partial charge on any atom is -0.309 e. The summed E-state index contributed by atoms with van der Waals surface area (Å²) in [6.07, 6.45) is 2.59. The van der Waals surface area contributed by atoms with Crippen molar-refractivity contribution >= 4 is 22.9 Å². The van der Waals surface area contributed by atoms with Crippen molar-refractivity contribution in [3.05, 3.63) is 51.2 Å². The Balaban J connectivity index is 2.18. The average Bonchev–Trinajstić information content (AvgIpc) is 2.85. The summed E-state index contributed by atoms with van der Waals surface area (Å²) < 4.78 is 13.0. The third-order valence-corrected chi connectivity index (χ3v) is 3.93.